The Morgan fingerprint density at radius 1 is 1.10 bits per heavy atom. The summed E-state index contributed by atoms with van der Waals surface area (Å²) in [5, 5.41) is 10.2. The number of hydrogen-bond acceptors (Lipinski definition) is 4. The van der Waals surface area contributed by atoms with Gasteiger partial charge in [0.1, 0.15) is 5.75 Å². The maximum Gasteiger partial charge on any atom is 0.315 e. The third-order valence-corrected chi connectivity index (χ3v) is 9.70. The Balaban J connectivity index is 1.34. The van der Waals surface area contributed by atoms with E-state index in [4.69, 9.17) is 4.74 Å². The number of rotatable bonds is 3. The van der Waals surface area contributed by atoms with Crippen molar-refractivity contribution in [3.63, 3.8) is 0 Å². The molecule has 1 aromatic rings. The Bertz CT molecular complexity index is 897. The quantitative estimate of drug-likeness (QED) is 0.511. The molecule has 0 aromatic carbocycles. The summed E-state index contributed by atoms with van der Waals surface area (Å²) in [5.41, 5.74) is 0.240. The van der Waals surface area contributed by atoms with Gasteiger partial charge in [0.15, 0.2) is 5.03 Å². The highest BCUT2D eigenvalue weighted by molar-refractivity contribution is 5.18. The minimum atomic E-state index is -0.708. The van der Waals surface area contributed by atoms with E-state index in [1.807, 2.05) is 0 Å². The summed E-state index contributed by atoms with van der Waals surface area (Å²) in [4.78, 5) is 22.9. The fraction of sp³-hybridized carbons (Fsp3) is 0.792. The zero-order valence-electron chi connectivity index (χ0n) is 18.2. The van der Waals surface area contributed by atoms with Gasteiger partial charge in [0.25, 0.3) is 0 Å². The molecule has 4 saturated carbocycles. The zero-order valence-corrected chi connectivity index (χ0v) is 18.2. The van der Waals surface area contributed by atoms with Crippen molar-refractivity contribution in [3.8, 4) is 5.75 Å². The van der Waals surface area contributed by atoms with Gasteiger partial charge in [0, 0.05) is 6.07 Å². The second kappa shape index (κ2) is 7.10. The van der Waals surface area contributed by atoms with E-state index in [-0.39, 0.29) is 6.10 Å². The summed E-state index contributed by atoms with van der Waals surface area (Å²) in [5.74, 6) is 3.82. The summed E-state index contributed by atoms with van der Waals surface area (Å²) >= 11 is 0. The second-order valence-electron chi connectivity index (χ2n) is 11.0. The average Bonchev–Trinajstić information content (AvgIpc) is 3.09. The monoisotopic (exact) mass is 414 g/mol. The standard InChI is InChI=1S/C24H34N2O4/c1-23-11-3-4-20(23)19-8-6-16-5-7-18(15-24(16,2)21(19)9-12-23)30-17-10-13-25(26(28)29)22(27)14-17/h10,13-14,16,18-21H,3-9,11-12,15H2,1-2H3/t16?,18?,19-,20-,21+,23-,24-/m0/s1. The van der Waals surface area contributed by atoms with Gasteiger partial charge in [-0.25, -0.2) is 10.1 Å². The SMILES string of the molecule is C[C@@]12CCC[C@H]1[C@@H]1CCC3CCC(Oc4ccn([N+](=O)[O-])c(=O)c4)C[C@]3(C)[C@@H]1CC2. The van der Waals surface area contributed by atoms with Crippen molar-refractivity contribution in [2.24, 2.45) is 34.5 Å². The van der Waals surface area contributed by atoms with Crippen LogP contribution in [0.4, 0.5) is 0 Å². The topological polar surface area (TPSA) is 74.4 Å². The lowest BCUT2D eigenvalue weighted by Crippen LogP contribution is -2.54. The van der Waals surface area contributed by atoms with E-state index in [0.717, 1.165) is 36.5 Å². The first-order valence-corrected chi connectivity index (χ1v) is 11.8. The Labute approximate surface area is 178 Å². The van der Waals surface area contributed by atoms with Gasteiger partial charge in [-0.1, -0.05) is 20.3 Å². The molecule has 0 radical (unpaired) electrons. The van der Waals surface area contributed by atoms with E-state index in [9.17, 15) is 14.9 Å². The molecule has 30 heavy (non-hydrogen) atoms. The lowest BCUT2D eigenvalue weighted by Gasteiger charge is -2.60. The van der Waals surface area contributed by atoms with Gasteiger partial charge < -0.3 is 4.74 Å². The van der Waals surface area contributed by atoms with Gasteiger partial charge in [-0.3, -0.25) is 4.79 Å². The van der Waals surface area contributed by atoms with Crippen LogP contribution in [0.1, 0.15) is 78.1 Å². The summed E-state index contributed by atoms with van der Waals surface area (Å²) < 4.78 is 6.73. The molecule has 0 aliphatic heterocycles. The molecule has 0 spiro atoms. The van der Waals surface area contributed by atoms with Gasteiger partial charge in [-0.2, -0.15) is 0 Å². The lowest BCUT2D eigenvalue weighted by molar-refractivity contribution is -0.545. The summed E-state index contributed by atoms with van der Waals surface area (Å²) in [6.45, 7) is 5.07. The normalized spacial score (nSPS) is 42.7. The first-order chi connectivity index (χ1) is 14.3. The molecule has 6 nitrogen and oxygen atoms in total. The summed E-state index contributed by atoms with van der Waals surface area (Å²) in [7, 11) is 0. The van der Waals surface area contributed by atoms with Crippen LogP contribution in [0.15, 0.2) is 23.1 Å². The van der Waals surface area contributed by atoms with Crippen molar-refractivity contribution in [1.82, 2.24) is 4.68 Å². The van der Waals surface area contributed by atoms with Crippen molar-refractivity contribution in [2.75, 3.05) is 0 Å². The third kappa shape index (κ3) is 3.09. The van der Waals surface area contributed by atoms with E-state index >= 15 is 0 Å². The Morgan fingerprint density at radius 2 is 1.90 bits per heavy atom. The first-order valence-electron chi connectivity index (χ1n) is 11.8. The predicted molar refractivity (Wildman–Crippen MR) is 114 cm³/mol. The number of fused-ring (bicyclic) bond motifs is 5. The van der Waals surface area contributed by atoms with Crippen LogP contribution in [-0.4, -0.2) is 15.8 Å². The van der Waals surface area contributed by atoms with E-state index in [2.05, 4.69) is 13.8 Å². The molecule has 1 heterocycles. The number of ether oxygens (including phenoxy) is 1. The van der Waals surface area contributed by atoms with Crippen LogP contribution in [0.25, 0.3) is 0 Å². The molecule has 1 aromatic heterocycles. The fourth-order valence-electron chi connectivity index (χ4n) is 8.25. The van der Waals surface area contributed by atoms with Crippen LogP contribution in [-0.2, 0) is 0 Å². The molecular formula is C24H34N2O4. The highest BCUT2D eigenvalue weighted by atomic mass is 16.7. The fourth-order valence-corrected chi connectivity index (χ4v) is 8.25. The molecule has 0 saturated heterocycles. The molecular weight excluding hydrogens is 380 g/mol. The molecule has 4 fully saturated rings. The molecule has 0 amide bonds. The van der Waals surface area contributed by atoms with E-state index in [1.165, 1.54) is 63.6 Å². The Hall–Kier alpha value is -1.85. The van der Waals surface area contributed by atoms with Gasteiger partial charge in [0.05, 0.1) is 18.4 Å². The lowest BCUT2D eigenvalue weighted by atomic mass is 9.45. The Morgan fingerprint density at radius 3 is 2.67 bits per heavy atom. The highest BCUT2D eigenvalue weighted by Gasteiger charge is 2.58. The summed E-state index contributed by atoms with van der Waals surface area (Å²) in [6, 6.07) is 2.80. The molecule has 4 aliphatic carbocycles. The summed E-state index contributed by atoms with van der Waals surface area (Å²) in [6.07, 6.45) is 14.3. The maximum absolute atomic E-state index is 12.0. The molecule has 4 aliphatic rings. The van der Waals surface area contributed by atoms with Crippen molar-refractivity contribution >= 4 is 0 Å². The number of nitro groups is 1. The molecule has 0 N–H and O–H groups in total. The first kappa shape index (κ1) is 20.1. The zero-order chi connectivity index (χ0) is 21.1. The van der Waals surface area contributed by atoms with Crippen LogP contribution < -0.4 is 10.3 Å². The van der Waals surface area contributed by atoms with Crippen LogP contribution in [0.3, 0.4) is 0 Å². The van der Waals surface area contributed by atoms with Crippen molar-refractivity contribution < 1.29 is 9.77 Å². The highest BCUT2D eigenvalue weighted by Crippen LogP contribution is 2.66. The Kier molecular flexibility index (Phi) is 4.75. The molecule has 5 rings (SSSR count). The van der Waals surface area contributed by atoms with Gasteiger partial charge >= 0.3 is 5.56 Å². The molecule has 0 bridgehead atoms. The molecule has 6 heteroatoms. The van der Waals surface area contributed by atoms with Crippen LogP contribution in [0, 0.1) is 44.6 Å². The smallest absolute Gasteiger partial charge is 0.315 e. The maximum atomic E-state index is 12.0. The minimum absolute atomic E-state index is 0.0905. The predicted octanol–water partition coefficient (Wildman–Crippen LogP) is 5.07. The largest absolute Gasteiger partial charge is 0.490 e. The number of hydrogen-bond donors (Lipinski definition) is 0. The van der Waals surface area contributed by atoms with Gasteiger partial charge in [-0.15, -0.1) is 0 Å². The third-order valence-electron chi connectivity index (χ3n) is 9.70. The van der Waals surface area contributed by atoms with Gasteiger partial charge in [-0.05, 0) is 97.0 Å². The van der Waals surface area contributed by atoms with Crippen molar-refractivity contribution in [1.29, 1.82) is 0 Å². The van der Waals surface area contributed by atoms with Gasteiger partial charge in [0.2, 0.25) is 0 Å². The van der Waals surface area contributed by atoms with Crippen LogP contribution in [0.5, 0.6) is 5.75 Å². The van der Waals surface area contributed by atoms with Crippen LogP contribution >= 0.6 is 0 Å². The molecule has 7 atom stereocenters. The average molecular weight is 415 g/mol. The second-order valence-corrected chi connectivity index (χ2v) is 11.0. The van der Waals surface area contributed by atoms with E-state index in [1.54, 1.807) is 6.07 Å². The van der Waals surface area contributed by atoms with Crippen LogP contribution in [0.2, 0.25) is 0 Å². The number of aromatic nitrogens is 1. The van der Waals surface area contributed by atoms with E-state index in [0.29, 0.717) is 21.3 Å². The van der Waals surface area contributed by atoms with Crippen molar-refractivity contribution in [2.45, 2.75) is 84.2 Å². The molecule has 2 unspecified atom stereocenters. The van der Waals surface area contributed by atoms with Crippen molar-refractivity contribution in [3.05, 3.63) is 38.8 Å². The number of nitrogens with zero attached hydrogens (tertiary/aromatic N) is 2. The minimum Gasteiger partial charge on any atom is -0.490 e. The molecule has 164 valence electrons. The number of pyridine rings is 1. The van der Waals surface area contributed by atoms with E-state index < -0.39 is 10.6 Å².